The van der Waals surface area contributed by atoms with Gasteiger partial charge in [0.05, 0.1) is 10.7 Å². The van der Waals surface area contributed by atoms with Crippen LogP contribution in [0.4, 0.5) is 5.82 Å². The molecule has 128 valence electrons. The van der Waals surface area contributed by atoms with Crippen LogP contribution in [0.3, 0.4) is 0 Å². The summed E-state index contributed by atoms with van der Waals surface area (Å²) in [5, 5.41) is 0.676. The van der Waals surface area contributed by atoms with Gasteiger partial charge in [-0.1, -0.05) is 11.6 Å². The fraction of sp³-hybridized carbons (Fsp3) is 0.471. The first-order valence-corrected chi connectivity index (χ1v) is 8.43. The zero-order chi connectivity index (χ0) is 16.9. The van der Waals surface area contributed by atoms with Crippen LogP contribution in [0.25, 0.3) is 0 Å². The molecule has 0 amide bonds. The number of hydrogen-bond acceptors (Lipinski definition) is 6. The standard InChI is InChI=1S/C17H22ClN5O/c1-13-9-17(21-16(20-13)12-24-2)23-7-5-22(6-8-23)11-15-4-3-14(18)10-19-15/h3-4,9-10H,5-8,11-12H2,1-2H3. The molecule has 2 aromatic heterocycles. The van der Waals surface area contributed by atoms with Gasteiger partial charge in [0.2, 0.25) is 0 Å². The van der Waals surface area contributed by atoms with E-state index in [1.807, 2.05) is 25.1 Å². The van der Waals surface area contributed by atoms with E-state index in [4.69, 9.17) is 16.3 Å². The van der Waals surface area contributed by atoms with E-state index < -0.39 is 0 Å². The maximum Gasteiger partial charge on any atom is 0.156 e. The molecule has 0 atom stereocenters. The Morgan fingerprint density at radius 2 is 1.96 bits per heavy atom. The highest BCUT2D eigenvalue weighted by Crippen LogP contribution is 2.17. The number of hydrogen-bond donors (Lipinski definition) is 0. The first-order valence-electron chi connectivity index (χ1n) is 8.05. The van der Waals surface area contributed by atoms with E-state index in [0.29, 0.717) is 11.6 Å². The predicted octanol–water partition coefficient (Wildman–Crippen LogP) is 2.30. The number of methoxy groups -OCH3 is 1. The maximum absolute atomic E-state index is 5.89. The summed E-state index contributed by atoms with van der Waals surface area (Å²) < 4.78 is 5.15. The smallest absolute Gasteiger partial charge is 0.156 e. The summed E-state index contributed by atoms with van der Waals surface area (Å²) in [5.74, 6) is 1.72. The summed E-state index contributed by atoms with van der Waals surface area (Å²) in [6.07, 6.45) is 1.70. The van der Waals surface area contributed by atoms with Gasteiger partial charge in [0.15, 0.2) is 5.82 Å². The van der Waals surface area contributed by atoms with E-state index in [0.717, 1.165) is 55.8 Å². The highest BCUT2D eigenvalue weighted by Gasteiger charge is 2.19. The summed E-state index contributed by atoms with van der Waals surface area (Å²) in [6.45, 7) is 7.12. The molecule has 3 rings (SSSR count). The zero-order valence-electron chi connectivity index (χ0n) is 14.1. The third-order valence-electron chi connectivity index (χ3n) is 4.03. The maximum atomic E-state index is 5.89. The third kappa shape index (κ3) is 4.41. The molecule has 6 nitrogen and oxygen atoms in total. The van der Waals surface area contributed by atoms with Crippen LogP contribution in [0.15, 0.2) is 24.4 Å². The van der Waals surface area contributed by atoms with Gasteiger partial charge in [0.25, 0.3) is 0 Å². The molecule has 0 saturated carbocycles. The number of piperazine rings is 1. The second kappa shape index (κ2) is 7.88. The minimum atomic E-state index is 0.441. The third-order valence-corrected chi connectivity index (χ3v) is 4.25. The van der Waals surface area contributed by atoms with Crippen LogP contribution in [0, 0.1) is 6.92 Å². The van der Waals surface area contributed by atoms with Crippen LogP contribution in [0.2, 0.25) is 5.02 Å². The highest BCUT2D eigenvalue weighted by atomic mass is 35.5. The molecule has 0 radical (unpaired) electrons. The number of rotatable bonds is 5. The van der Waals surface area contributed by atoms with E-state index in [-0.39, 0.29) is 0 Å². The Kier molecular flexibility index (Phi) is 5.60. The Labute approximate surface area is 147 Å². The van der Waals surface area contributed by atoms with Gasteiger partial charge in [0.1, 0.15) is 12.4 Å². The van der Waals surface area contributed by atoms with E-state index in [1.54, 1.807) is 13.3 Å². The second-order valence-electron chi connectivity index (χ2n) is 5.95. The van der Waals surface area contributed by atoms with Crippen molar-refractivity contribution in [3.8, 4) is 0 Å². The Morgan fingerprint density at radius 3 is 2.62 bits per heavy atom. The lowest BCUT2D eigenvalue weighted by atomic mass is 10.2. The molecule has 0 N–H and O–H groups in total. The van der Waals surface area contributed by atoms with Crippen molar-refractivity contribution < 1.29 is 4.74 Å². The van der Waals surface area contributed by atoms with Crippen molar-refractivity contribution in [3.05, 3.63) is 46.6 Å². The molecule has 1 aliphatic heterocycles. The Hall–Kier alpha value is -1.76. The molecule has 1 aliphatic rings. The van der Waals surface area contributed by atoms with Gasteiger partial charge < -0.3 is 9.64 Å². The molecule has 1 fully saturated rings. The summed E-state index contributed by atoms with van der Waals surface area (Å²) in [4.78, 5) is 18.1. The molecule has 0 bridgehead atoms. The van der Waals surface area contributed by atoms with Crippen molar-refractivity contribution in [3.63, 3.8) is 0 Å². The SMILES string of the molecule is COCc1nc(C)cc(N2CCN(Cc3ccc(Cl)cn3)CC2)n1. The molecule has 0 aromatic carbocycles. The van der Waals surface area contributed by atoms with Crippen molar-refractivity contribution in [1.82, 2.24) is 19.9 Å². The Bertz CT molecular complexity index is 671. The van der Waals surface area contributed by atoms with Gasteiger partial charge in [-0.2, -0.15) is 0 Å². The van der Waals surface area contributed by atoms with Crippen LogP contribution in [-0.4, -0.2) is 53.1 Å². The molecule has 0 spiro atoms. The minimum Gasteiger partial charge on any atom is -0.377 e. The number of ether oxygens (including phenoxy) is 1. The summed E-state index contributed by atoms with van der Waals surface area (Å²) in [7, 11) is 1.66. The van der Waals surface area contributed by atoms with Gasteiger partial charge in [-0.05, 0) is 19.1 Å². The molecular weight excluding hydrogens is 326 g/mol. The fourth-order valence-electron chi connectivity index (χ4n) is 2.83. The van der Waals surface area contributed by atoms with Crippen LogP contribution < -0.4 is 4.90 Å². The van der Waals surface area contributed by atoms with Gasteiger partial charge in [-0.25, -0.2) is 9.97 Å². The van der Waals surface area contributed by atoms with Crippen molar-refractivity contribution in [2.45, 2.75) is 20.1 Å². The summed E-state index contributed by atoms with van der Waals surface area (Å²) in [6, 6.07) is 5.91. The van der Waals surface area contributed by atoms with Crippen molar-refractivity contribution in [1.29, 1.82) is 0 Å². The topological polar surface area (TPSA) is 54.4 Å². The fourth-order valence-corrected chi connectivity index (χ4v) is 2.94. The minimum absolute atomic E-state index is 0.441. The molecule has 24 heavy (non-hydrogen) atoms. The van der Waals surface area contributed by atoms with E-state index >= 15 is 0 Å². The monoisotopic (exact) mass is 347 g/mol. The van der Waals surface area contributed by atoms with Crippen LogP contribution in [-0.2, 0) is 17.9 Å². The average Bonchev–Trinajstić information content (AvgIpc) is 2.57. The predicted molar refractivity (Wildman–Crippen MR) is 94.2 cm³/mol. The molecular formula is C17H22ClN5O. The lowest BCUT2D eigenvalue weighted by Crippen LogP contribution is -2.46. The van der Waals surface area contributed by atoms with Crippen molar-refractivity contribution in [2.24, 2.45) is 0 Å². The molecule has 3 heterocycles. The number of aromatic nitrogens is 3. The number of halogens is 1. The lowest BCUT2D eigenvalue weighted by molar-refractivity contribution is 0.177. The average molecular weight is 348 g/mol. The van der Waals surface area contributed by atoms with Gasteiger partial charge in [-0.3, -0.25) is 9.88 Å². The normalized spacial score (nSPS) is 15.7. The van der Waals surface area contributed by atoms with Crippen molar-refractivity contribution in [2.75, 3.05) is 38.2 Å². The van der Waals surface area contributed by atoms with E-state index in [9.17, 15) is 0 Å². The quantitative estimate of drug-likeness (QED) is 0.827. The second-order valence-corrected chi connectivity index (χ2v) is 6.38. The van der Waals surface area contributed by atoms with E-state index in [1.165, 1.54) is 0 Å². The van der Waals surface area contributed by atoms with E-state index in [2.05, 4.69) is 24.8 Å². The molecule has 0 unspecified atom stereocenters. The number of aryl methyl sites for hydroxylation is 1. The summed E-state index contributed by atoms with van der Waals surface area (Å²) >= 11 is 5.89. The molecule has 2 aromatic rings. The molecule has 0 aliphatic carbocycles. The van der Waals surface area contributed by atoms with Gasteiger partial charge in [-0.15, -0.1) is 0 Å². The molecule has 1 saturated heterocycles. The first-order chi connectivity index (χ1) is 11.6. The van der Waals surface area contributed by atoms with Crippen LogP contribution in [0.5, 0.6) is 0 Å². The number of pyridine rings is 1. The first kappa shape index (κ1) is 17.1. The van der Waals surface area contributed by atoms with Crippen LogP contribution >= 0.6 is 11.6 Å². The number of anilines is 1. The Balaban J connectivity index is 1.59. The van der Waals surface area contributed by atoms with Crippen molar-refractivity contribution >= 4 is 17.4 Å². The van der Waals surface area contributed by atoms with Gasteiger partial charge >= 0.3 is 0 Å². The lowest BCUT2D eigenvalue weighted by Gasteiger charge is -2.35. The van der Waals surface area contributed by atoms with Crippen LogP contribution in [0.1, 0.15) is 17.2 Å². The summed E-state index contributed by atoms with van der Waals surface area (Å²) in [5.41, 5.74) is 2.02. The van der Waals surface area contributed by atoms with Gasteiger partial charge in [0, 0.05) is 57.8 Å². The molecule has 7 heteroatoms. The number of nitrogens with zero attached hydrogens (tertiary/aromatic N) is 5. The largest absolute Gasteiger partial charge is 0.377 e. The zero-order valence-corrected chi connectivity index (χ0v) is 14.8. The Morgan fingerprint density at radius 1 is 1.17 bits per heavy atom. The highest BCUT2D eigenvalue weighted by molar-refractivity contribution is 6.30.